The number of carbonyl (C=O) groups is 1. The highest BCUT2D eigenvalue weighted by molar-refractivity contribution is 5.93. The first kappa shape index (κ1) is 13.4. The molecule has 0 unspecified atom stereocenters. The summed E-state index contributed by atoms with van der Waals surface area (Å²) in [5.74, 6) is -0.172. The third-order valence-corrected chi connectivity index (χ3v) is 4.49. The lowest BCUT2D eigenvalue weighted by molar-refractivity contribution is 0.0697. The largest absolute Gasteiger partial charge is 0.478 e. The highest BCUT2D eigenvalue weighted by Crippen LogP contribution is 2.34. The molecule has 1 aromatic heterocycles. The van der Waals surface area contributed by atoms with E-state index in [1.807, 2.05) is 6.07 Å². The van der Waals surface area contributed by atoms with Gasteiger partial charge in [-0.15, -0.1) is 0 Å². The number of aromatic nitrogens is 1. The number of aromatic carboxylic acids is 1. The van der Waals surface area contributed by atoms with Crippen LogP contribution < -0.4 is 4.90 Å². The fourth-order valence-electron chi connectivity index (χ4n) is 3.31. The summed E-state index contributed by atoms with van der Waals surface area (Å²) in [4.78, 5) is 18.4. The molecular formula is C16H22N2O2. The van der Waals surface area contributed by atoms with Crippen LogP contribution in [0.3, 0.4) is 0 Å². The summed E-state index contributed by atoms with van der Waals surface area (Å²) in [6.45, 7) is 6.25. The first-order valence-corrected chi connectivity index (χ1v) is 7.47. The predicted molar refractivity (Wildman–Crippen MR) is 78.4 cm³/mol. The first-order valence-electron chi connectivity index (χ1n) is 7.47. The Morgan fingerprint density at radius 1 is 1.35 bits per heavy atom. The summed E-state index contributed by atoms with van der Waals surface area (Å²) in [5, 5.41) is 9.49. The summed E-state index contributed by atoms with van der Waals surface area (Å²) in [6, 6.07) is 1.87. The van der Waals surface area contributed by atoms with Crippen LogP contribution in [0.15, 0.2) is 6.07 Å². The number of pyridine rings is 1. The second kappa shape index (κ2) is 4.76. The van der Waals surface area contributed by atoms with E-state index in [1.165, 1.54) is 0 Å². The Morgan fingerprint density at radius 3 is 2.75 bits per heavy atom. The third-order valence-electron chi connectivity index (χ3n) is 4.49. The van der Waals surface area contributed by atoms with Gasteiger partial charge in [-0.25, -0.2) is 9.78 Å². The van der Waals surface area contributed by atoms with E-state index in [0.717, 1.165) is 56.5 Å². The minimum Gasteiger partial charge on any atom is -0.478 e. The summed E-state index contributed by atoms with van der Waals surface area (Å²) in [7, 11) is 0. The second-order valence-corrected chi connectivity index (χ2v) is 6.81. The lowest BCUT2D eigenvalue weighted by atomic mass is 9.93. The fraction of sp³-hybridized carbons (Fsp3) is 0.625. The number of aryl methyl sites for hydroxylation is 2. The minimum atomic E-state index is -0.856. The maximum absolute atomic E-state index is 11.6. The van der Waals surface area contributed by atoms with Gasteiger partial charge in [0.2, 0.25) is 0 Å². The van der Waals surface area contributed by atoms with Gasteiger partial charge < -0.3 is 10.0 Å². The number of hydrogen-bond donors (Lipinski definition) is 1. The predicted octanol–water partition coefficient (Wildman–Crippen LogP) is 2.89. The van der Waals surface area contributed by atoms with Crippen molar-refractivity contribution in [3.8, 4) is 0 Å². The zero-order valence-electron chi connectivity index (χ0n) is 12.3. The van der Waals surface area contributed by atoms with E-state index < -0.39 is 5.97 Å². The molecule has 1 saturated heterocycles. The Bertz CT molecular complexity index is 552. The molecule has 0 amide bonds. The van der Waals surface area contributed by atoms with Crippen molar-refractivity contribution in [1.29, 1.82) is 0 Å². The van der Waals surface area contributed by atoms with Crippen molar-refractivity contribution in [2.24, 2.45) is 5.41 Å². The fourth-order valence-corrected chi connectivity index (χ4v) is 3.31. The van der Waals surface area contributed by atoms with E-state index in [0.29, 0.717) is 11.4 Å². The number of nitrogens with zero attached hydrogens (tertiary/aromatic N) is 2. The molecule has 2 heterocycles. The number of carboxylic acid groups (broad SMARTS) is 1. The first-order chi connectivity index (χ1) is 9.46. The Kier molecular flexibility index (Phi) is 3.19. The van der Waals surface area contributed by atoms with Gasteiger partial charge in [-0.1, -0.05) is 13.8 Å². The normalized spacial score (nSPS) is 20.8. The Balaban J connectivity index is 2.02. The van der Waals surface area contributed by atoms with Crippen molar-refractivity contribution < 1.29 is 9.90 Å². The monoisotopic (exact) mass is 274 g/mol. The maximum Gasteiger partial charge on any atom is 0.339 e. The van der Waals surface area contributed by atoms with Crippen LogP contribution in [0, 0.1) is 5.41 Å². The highest BCUT2D eigenvalue weighted by atomic mass is 16.4. The van der Waals surface area contributed by atoms with E-state index in [-0.39, 0.29) is 5.41 Å². The molecule has 1 fully saturated rings. The van der Waals surface area contributed by atoms with Crippen molar-refractivity contribution in [2.45, 2.75) is 46.0 Å². The van der Waals surface area contributed by atoms with Crippen molar-refractivity contribution in [1.82, 2.24) is 4.98 Å². The molecule has 2 aliphatic rings. The van der Waals surface area contributed by atoms with Gasteiger partial charge in [0.25, 0.3) is 0 Å². The molecule has 0 atom stereocenters. The topological polar surface area (TPSA) is 53.4 Å². The van der Waals surface area contributed by atoms with Crippen LogP contribution in [0.25, 0.3) is 0 Å². The molecule has 0 spiro atoms. The van der Waals surface area contributed by atoms with Gasteiger partial charge in [-0.05, 0) is 49.1 Å². The molecule has 1 aliphatic heterocycles. The molecular weight excluding hydrogens is 252 g/mol. The number of hydrogen-bond acceptors (Lipinski definition) is 3. The molecule has 108 valence electrons. The summed E-state index contributed by atoms with van der Waals surface area (Å²) in [5.41, 5.74) is 2.87. The van der Waals surface area contributed by atoms with E-state index in [4.69, 9.17) is 4.98 Å². The van der Waals surface area contributed by atoms with Crippen molar-refractivity contribution in [3.63, 3.8) is 0 Å². The van der Waals surface area contributed by atoms with Gasteiger partial charge >= 0.3 is 5.97 Å². The SMILES string of the molecule is CC1(C)CCN(c2nc3c(cc2C(=O)O)CCCC3)C1. The molecule has 20 heavy (non-hydrogen) atoms. The van der Waals surface area contributed by atoms with Crippen LogP contribution in [0.1, 0.15) is 54.7 Å². The van der Waals surface area contributed by atoms with Gasteiger partial charge in [-0.3, -0.25) is 0 Å². The van der Waals surface area contributed by atoms with E-state index in [9.17, 15) is 9.90 Å². The Labute approximate surface area is 119 Å². The summed E-state index contributed by atoms with van der Waals surface area (Å²) in [6.07, 6.45) is 5.35. The lowest BCUT2D eigenvalue weighted by Crippen LogP contribution is -2.27. The standard InChI is InChI=1S/C16H22N2O2/c1-16(2)7-8-18(10-16)14-12(15(19)20)9-11-5-3-4-6-13(11)17-14/h9H,3-8,10H2,1-2H3,(H,19,20). The molecule has 0 bridgehead atoms. The number of fused-ring (bicyclic) bond motifs is 1. The Hall–Kier alpha value is -1.58. The number of carboxylic acids is 1. The van der Waals surface area contributed by atoms with Crippen molar-refractivity contribution in [3.05, 3.63) is 22.9 Å². The van der Waals surface area contributed by atoms with Gasteiger partial charge in [0.05, 0.1) is 0 Å². The van der Waals surface area contributed by atoms with E-state index in [1.54, 1.807) is 0 Å². The van der Waals surface area contributed by atoms with E-state index in [2.05, 4.69) is 18.7 Å². The molecule has 4 nitrogen and oxygen atoms in total. The van der Waals surface area contributed by atoms with E-state index >= 15 is 0 Å². The smallest absolute Gasteiger partial charge is 0.339 e. The molecule has 1 aromatic rings. The van der Waals surface area contributed by atoms with Gasteiger partial charge in [0.15, 0.2) is 0 Å². The van der Waals surface area contributed by atoms with Crippen molar-refractivity contribution in [2.75, 3.05) is 18.0 Å². The van der Waals surface area contributed by atoms with Crippen LogP contribution in [0.2, 0.25) is 0 Å². The molecule has 1 aliphatic carbocycles. The quantitative estimate of drug-likeness (QED) is 0.901. The Morgan fingerprint density at radius 2 is 2.10 bits per heavy atom. The van der Waals surface area contributed by atoms with Gasteiger partial charge in [0.1, 0.15) is 11.4 Å². The average Bonchev–Trinajstić information content (AvgIpc) is 2.77. The van der Waals surface area contributed by atoms with Gasteiger partial charge in [-0.2, -0.15) is 0 Å². The van der Waals surface area contributed by atoms with Crippen LogP contribution in [0.5, 0.6) is 0 Å². The highest BCUT2D eigenvalue weighted by Gasteiger charge is 2.32. The summed E-state index contributed by atoms with van der Waals surface area (Å²) >= 11 is 0. The molecule has 0 aromatic carbocycles. The molecule has 1 N–H and O–H groups in total. The van der Waals surface area contributed by atoms with Crippen LogP contribution in [0.4, 0.5) is 5.82 Å². The zero-order valence-corrected chi connectivity index (χ0v) is 12.3. The minimum absolute atomic E-state index is 0.243. The molecule has 0 saturated carbocycles. The number of rotatable bonds is 2. The third kappa shape index (κ3) is 2.39. The molecule has 4 heteroatoms. The second-order valence-electron chi connectivity index (χ2n) is 6.81. The maximum atomic E-state index is 11.6. The van der Waals surface area contributed by atoms with Gasteiger partial charge in [0, 0.05) is 18.8 Å². The summed E-state index contributed by atoms with van der Waals surface area (Å²) < 4.78 is 0. The van der Waals surface area contributed by atoms with Crippen LogP contribution in [-0.4, -0.2) is 29.1 Å². The van der Waals surface area contributed by atoms with Crippen LogP contribution in [-0.2, 0) is 12.8 Å². The molecule has 0 radical (unpaired) electrons. The number of anilines is 1. The zero-order chi connectivity index (χ0) is 14.3. The van der Waals surface area contributed by atoms with Crippen LogP contribution >= 0.6 is 0 Å². The molecule has 3 rings (SSSR count). The average molecular weight is 274 g/mol. The van der Waals surface area contributed by atoms with Crippen molar-refractivity contribution >= 4 is 11.8 Å². The lowest BCUT2D eigenvalue weighted by Gasteiger charge is -2.25.